The number of fused-ring (bicyclic) bond motifs is 6. The van der Waals surface area contributed by atoms with Gasteiger partial charge in [0.25, 0.3) is 0 Å². The molecule has 0 unspecified atom stereocenters. The third-order valence-corrected chi connectivity index (χ3v) is 11.0. The lowest BCUT2D eigenvalue weighted by Gasteiger charge is -2.20. The fourth-order valence-electron chi connectivity index (χ4n) is 8.56. The van der Waals surface area contributed by atoms with Gasteiger partial charge in [0.1, 0.15) is 34.9 Å². The molecule has 6 aromatic carbocycles. The molecular weight excluding hydrogens is 786 g/mol. The molecule has 0 bridgehead atoms. The SMILES string of the molecule is Cc1nc(C)nc(-c2ccc3c4ccccc4n(-c4cc(-c5ccc(C#N)cc5C(F)(F)F)cc(-n5c6ccccc6c6ccc(-c7nc(C)nc(C)n7)cc65)c4C#N)c3c2)n1. The van der Waals surface area contributed by atoms with E-state index >= 15 is 13.2 Å². The highest BCUT2D eigenvalue weighted by Gasteiger charge is 2.35. The van der Waals surface area contributed by atoms with Crippen LogP contribution in [0.4, 0.5) is 13.2 Å². The molecular formula is C49H31F3N10. The number of aromatic nitrogens is 8. The first kappa shape index (κ1) is 37.9. The fraction of sp³-hybridized carbons (Fsp3) is 0.102. The largest absolute Gasteiger partial charge is 0.417 e. The average Bonchev–Trinajstić information content (AvgIpc) is 3.76. The van der Waals surface area contributed by atoms with Crippen LogP contribution >= 0.6 is 0 Å². The molecule has 0 spiro atoms. The van der Waals surface area contributed by atoms with Crippen LogP contribution in [0.25, 0.3) is 88.9 Å². The van der Waals surface area contributed by atoms with Gasteiger partial charge in [-0.2, -0.15) is 23.7 Å². The van der Waals surface area contributed by atoms with Crippen LogP contribution in [0.1, 0.15) is 40.0 Å². The van der Waals surface area contributed by atoms with Crippen LogP contribution in [0, 0.1) is 50.4 Å². The number of halogens is 3. The Balaban J connectivity index is 1.36. The normalized spacial score (nSPS) is 11.8. The van der Waals surface area contributed by atoms with Gasteiger partial charge in [-0.15, -0.1) is 0 Å². The van der Waals surface area contributed by atoms with E-state index in [9.17, 15) is 10.5 Å². The van der Waals surface area contributed by atoms with E-state index in [4.69, 9.17) is 0 Å². The van der Waals surface area contributed by atoms with Gasteiger partial charge in [-0.05, 0) is 87.4 Å². The lowest BCUT2D eigenvalue weighted by atomic mass is 9.94. The Morgan fingerprint density at radius 2 is 0.919 bits per heavy atom. The van der Waals surface area contributed by atoms with Crippen LogP contribution < -0.4 is 0 Å². The maximum Gasteiger partial charge on any atom is 0.417 e. The number of nitrogens with zero attached hydrogens (tertiary/aromatic N) is 10. The van der Waals surface area contributed by atoms with Gasteiger partial charge >= 0.3 is 6.18 Å². The molecule has 0 N–H and O–H groups in total. The lowest BCUT2D eigenvalue weighted by molar-refractivity contribution is -0.137. The van der Waals surface area contributed by atoms with E-state index in [0.29, 0.717) is 68.5 Å². The van der Waals surface area contributed by atoms with Crippen LogP contribution in [0.15, 0.2) is 115 Å². The molecule has 62 heavy (non-hydrogen) atoms. The number of alkyl halides is 3. The summed E-state index contributed by atoms with van der Waals surface area (Å²) in [5, 5.41) is 24.6. The minimum atomic E-state index is -4.82. The van der Waals surface area contributed by atoms with Gasteiger partial charge in [0.2, 0.25) is 0 Å². The van der Waals surface area contributed by atoms with Crippen molar-refractivity contribution in [2.75, 3.05) is 0 Å². The minimum absolute atomic E-state index is 0.132. The summed E-state index contributed by atoms with van der Waals surface area (Å²) in [7, 11) is 0. The smallest absolute Gasteiger partial charge is 0.308 e. The molecule has 0 fully saturated rings. The van der Waals surface area contributed by atoms with Crippen molar-refractivity contribution in [2.45, 2.75) is 33.9 Å². The zero-order chi connectivity index (χ0) is 43.0. The number of para-hydroxylation sites is 2. The van der Waals surface area contributed by atoms with Gasteiger partial charge in [-0.3, -0.25) is 0 Å². The van der Waals surface area contributed by atoms with Crippen LogP contribution in [-0.2, 0) is 6.18 Å². The Labute approximate surface area is 351 Å². The van der Waals surface area contributed by atoms with E-state index in [-0.39, 0.29) is 22.3 Å². The van der Waals surface area contributed by atoms with E-state index in [1.165, 1.54) is 12.1 Å². The van der Waals surface area contributed by atoms with Gasteiger partial charge in [0.05, 0.1) is 50.6 Å². The molecule has 4 aromatic heterocycles. The molecule has 10 nitrogen and oxygen atoms in total. The Morgan fingerprint density at radius 1 is 0.468 bits per heavy atom. The number of benzene rings is 6. The first-order valence-corrected chi connectivity index (χ1v) is 19.6. The number of hydrogen-bond donors (Lipinski definition) is 0. The first-order valence-electron chi connectivity index (χ1n) is 19.6. The Hall–Kier alpha value is -8.29. The molecule has 10 aromatic rings. The van der Waals surface area contributed by atoms with E-state index in [0.717, 1.165) is 38.6 Å². The average molecular weight is 817 g/mol. The first-order chi connectivity index (χ1) is 29.9. The Morgan fingerprint density at radius 3 is 1.35 bits per heavy atom. The highest BCUT2D eigenvalue weighted by atomic mass is 19.4. The molecule has 0 saturated heterocycles. The molecule has 0 aliphatic rings. The summed E-state index contributed by atoms with van der Waals surface area (Å²) >= 11 is 0. The lowest BCUT2D eigenvalue weighted by Crippen LogP contribution is -2.09. The zero-order valence-corrected chi connectivity index (χ0v) is 33.6. The number of aryl methyl sites for hydroxylation is 4. The van der Waals surface area contributed by atoms with Crippen LogP contribution in [0.5, 0.6) is 0 Å². The monoisotopic (exact) mass is 816 g/mol. The molecule has 298 valence electrons. The highest BCUT2D eigenvalue weighted by Crippen LogP contribution is 2.44. The van der Waals surface area contributed by atoms with Crippen LogP contribution in [-0.4, -0.2) is 39.0 Å². The minimum Gasteiger partial charge on any atom is -0.308 e. The summed E-state index contributed by atoms with van der Waals surface area (Å²) in [6.45, 7) is 7.17. The third kappa shape index (κ3) is 6.18. The summed E-state index contributed by atoms with van der Waals surface area (Å²) in [6, 6.07) is 38.2. The molecule has 10 rings (SSSR count). The Bertz CT molecular complexity index is 3370. The molecule has 4 heterocycles. The molecule has 0 saturated carbocycles. The van der Waals surface area contributed by atoms with Crippen molar-refractivity contribution in [3.05, 3.63) is 155 Å². The second kappa shape index (κ2) is 14.2. The summed E-state index contributed by atoms with van der Waals surface area (Å²) in [4.78, 5) is 27.2. The summed E-state index contributed by atoms with van der Waals surface area (Å²) in [5.74, 6) is 3.12. The third-order valence-electron chi connectivity index (χ3n) is 11.0. The predicted octanol–water partition coefficient (Wildman–Crippen LogP) is 11.2. The van der Waals surface area contributed by atoms with Crippen molar-refractivity contribution in [1.82, 2.24) is 39.0 Å². The molecule has 0 aliphatic heterocycles. The second-order valence-corrected chi connectivity index (χ2v) is 15.0. The molecule has 0 radical (unpaired) electrons. The summed E-state index contributed by atoms with van der Waals surface area (Å²) in [5.41, 5.74) is 4.00. The molecule has 0 amide bonds. The van der Waals surface area contributed by atoms with Crippen molar-refractivity contribution in [3.8, 4) is 57.4 Å². The summed E-state index contributed by atoms with van der Waals surface area (Å²) in [6.07, 6.45) is -4.82. The van der Waals surface area contributed by atoms with Gasteiger partial charge < -0.3 is 9.13 Å². The highest BCUT2D eigenvalue weighted by molar-refractivity contribution is 6.12. The molecule has 0 aliphatic carbocycles. The van der Waals surface area contributed by atoms with Crippen LogP contribution in [0.3, 0.4) is 0 Å². The summed E-state index contributed by atoms with van der Waals surface area (Å²) < 4.78 is 49.1. The van der Waals surface area contributed by atoms with Crippen molar-refractivity contribution >= 4 is 43.6 Å². The zero-order valence-electron chi connectivity index (χ0n) is 33.6. The van der Waals surface area contributed by atoms with Crippen molar-refractivity contribution < 1.29 is 13.2 Å². The molecule has 0 atom stereocenters. The fourth-order valence-corrected chi connectivity index (χ4v) is 8.56. The van der Waals surface area contributed by atoms with E-state index in [2.05, 4.69) is 36.0 Å². The van der Waals surface area contributed by atoms with Crippen molar-refractivity contribution in [1.29, 1.82) is 10.5 Å². The second-order valence-electron chi connectivity index (χ2n) is 15.0. The van der Waals surface area contributed by atoms with E-state index in [1.54, 1.807) is 39.8 Å². The van der Waals surface area contributed by atoms with Gasteiger partial charge in [0.15, 0.2) is 11.6 Å². The maximum atomic E-state index is 15.1. The standard InChI is InChI=1S/C49H31F3N10/c1-26-55-27(2)58-47(57-26)31-14-17-37-35-9-5-7-11-41(35)61(43(37)20-31)45-22-33(34-16-13-30(24-53)19-40(34)49(50,51)52)23-46(39(45)25-54)62-42-12-8-6-10-36(42)38-18-15-32(21-44(38)62)48-59-28(3)56-29(4)60-48/h5-23H,1-4H3. The van der Waals surface area contributed by atoms with E-state index in [1.807, 2.05) is 100 Å². The van der Waals surface area contributed by atoms with E-state index < -0.39 is 11.7 Å². The molecule has 13 heteroatoms. The predicted molar refractivity (Wildman–Crippen MR) is 232 cm³/mol. The van der Waals surface area contributed by atoms with Crippen molar-refractivity contribution in [3.63, 3.8) is 0 Å². The maximum absolute atomic E-state index is 15.1. The number of rotatable bonds is 5. The van der Waals surface area contributed by atoms with Gasteiger partial charge in [-0.25, -0.2) is 29.9 Å². The van der Waals surface area contributed by atoms with Crippen LogP contribution in [0.2, 0.25) is 0 Å². The number of nitriles is 2. The topological polar surface area (TPSA) is 135 Å². The van der Waals surface area contributed by atoms with Crippen molar-refractivity contribution in [2.24, 2.45) is 0 Å². The Kier molecular flexibility index (Phi) is 8.68. The van der Waals surface area contributed by atoms with Gasteiger partial charge in [0, 0.05) is 32.7 Å². The number of hydrogen-bond acceptors (Lipinski definition) is 8. The van der Waals surface area contributed by atoms with Gasteiger partial charge in [-0.1, -0.05) is 66.7 Å². The quantitative estimate of drug-likeness (QED) is 0.168.